The number of piperidine rings is 1. The van der Waals surface area contributed by atoms with Crippen molar-refractivity contribution in [1.29, 1.82) is 0 Å². The first kappa shape index (κ1) is 29.1. The summed E-state index contributed by atoms with van der Waals surface area (Å²) in [5, 5.41) is 3.75. The highest BCUT2D eigenvalue weighted by Gasteiger charge is 2.24. The van der Waals surface area contributed by atoms with Gasteiger partial charge in [0.25, 0.3) is 0 Å². The average molecular weight is 611 g/mol. The van der Waals surface area contributed by atoms with Crippen LogP contribution in [0.25, 0.3) is 11.3 Å². The Bertz CT molecular complexity index is 1710. The molecule has 0 aliphatic carbocycles. The van der Waals surface area contributed by atoms with Crippen molar-refractivity contribution in [2.45, 2.75) is 31.8 Å². The van der Waals surface area contributed by atoms with Gasteiger partial charge in [0.2, 0.25) is 17.3 Å². The van der Waals surface area contributed by atoms with Crippen LogP contribution in [0.15, 0.2) is 59.4 Å². The van der Waals surface area contributed by atoms with E-state index in [4.69, 9.17) is 18.9 Å². The largest absolute Gasteiger partial charge is 0.481 e. The summed E-state index contributed by atoms with van der Waals surface area (Å²) in [5.74, 6) is 3.36. The monoisotopic (exact) mass is 610 g/mol. The zero-order valence-corrected chi connectivity index (χ0v) is 25.7. The van der Waals surface area contributed by atoms with Gasteiger partial charge in [0.1, 0.15) is 17.3 Å². The number of morpholine rings is 1. The summed E-state index contributed by atoms with van der Waals surface area (Å²) in [5.41, 5.74) is 5.75. The summed E-state index contributed by atoms with van der Waals surface area (Å²) >= 11 is 0. The molecule has 2 saturated heterocycles. The second-order valence-electron chi connectivity index (χ2n) is 11.7. The van der Waals surface area contributed by atoms with Crippen LogP contribution in [0.5, 0.6) is 23.3 Å². The summed E-state index contributed by atoms with van der Waals surface area (Å²) in [6.07, 6.45) is 2.79. The second-order valence-corrected chi connectivity index (χ2v) is 11.7. The van der Waals surface area contributed by atoms with Gasteiger partial charge in [-0.1, -0.05) is 12.1 Å². The second kappa shape index (κ2) is 12.8. The Morgan fingerprint density at radius 1 is 0.933 bits per heavy atom. The highest BCUT2D eigenvalue weighted by molar-refractivity contribution is 5.74. The molecule has 0 saturated carbocycles. The van der Waals surface area contributed by atoms with Crippen LogP contribution in [0, 0.1) is 0 Å². The van der Waals surface area contributed by atoms with Crippen molar-refractivity contribution in [3.05, 3.63) is 81.9 Å². The molecule has 0 atom stereocenters. The molecule has 2 aromatic carbocycles. The molecular weight excluding hydrogens is 572 g/mol. The zero-order valence-electron chi connectivity index (χ0n) is 25.7. The lowest BCUT2D eigenvalue weighted by Crippen LogP contribution is -2.39. The number of anilines is 2. The molecule has 234 valence electrons. The number of benzene rings is 2. The van der Waals surface area contributed by atoms with Gasteiger partial charge in [-0.3, -0.25) is 9.69 Å². The number of aromatic nitrogens is 3. The maximum atomic E-state index is 12.7. The summed E-state index contributed by atoms with van der Waals surface area (Å²) in [4.78, 5) is 29.2. The smallest absolute Gasteiger partial charge is 0.250 e. The lowest BCUT2D eigenvalue weighted by molar-refractivity contribution is 0.122. The van der Waals surface area contributed by atoms with Gasteiger partial charge in [0, 0.05) is 67.2 Å². The van der Waals surface area contributed by atoms with Crippen molar-refractivity contribution in [2.24, 2.45) is 0 Å². The van der Waals surface area contributed by atoms with Crippen LogP contribution in [0.4, 0.5) is 11.4 Å². The predicted molar refractivity (Wildman–Crippen MR) is 172 cm³/mol. The Morgan fingerprint density at radius 3 is 2.47 bits per heavy atom. The number of hydrogen-bond donors (Lipinski definition) is 2. The van der Waals surface area contributed by atoms with Gasteiger partial charge in [-0.15, -0.1) is 0 Å². The minimum atomic E-state index is -0.127. The number of nitrogens with one attached hydrogen (secondary N) is 2. The van der Waals surface area contributed by atoms with Gasteiger partial charge >= 0.3 is 0 Å². The first-order valence-corrected chi connectivity index (χ1v) is 15.5. The third kappa shape index (κ3) is 6.45. The third-order valence-corrected chi connectivity index (χ3v) is 8.71. The van der Waals surface area contributed by atoms with E-state index in [1.807, 2.05) is 24.3 Å². The number of aromatic amines is 1. The number of likely N-dealkylation sites (tertiary alicyclic amines) is 1. The maximum absolute atomic E-state index is 12.7. The Hall–Kier alpha value is -4.61. The molecule has 2 N–H and O–H groups in total. The normalized spacial score (nSPS) is 16.8. The van der Waals surface area contributed by atoms with E-state index in [1.54, 1.807) is 26.4 Å². The van der Waals surface area contributed by atoms with Crippen LogP contribution in [0.2, 0.25) is 0 Å². The molecule has 2 aromatic heterocycles. The minimum Gasteiger partial charge on any atom is -0.481 e. The number of nitrogens with zero attached hydrogens (tertiary/aromatic N) is 4. The summed E-state index contributed by atoms with van der Waals surface area (Å²) in [6, 6.07) is 18.3. The third-order valence-electron chi connectivity index (χ3n) is 8.71. The van der Waals surface area contributed by atoms with E-state index in [-0.39, 0.29) is 5.56 Å². The molecule has 0 amide bonds. The lowest BCUT2D eigenvalue weighted by atomic mass is 9.96. The lowest BCUT2D eigenvalue weighted by Gasteiger charge is -2.32. The van der Waals surface area contributed by atoms with Crippen LogP contribution < -0.4 is 30.0 Å². The molecule has 3 aliphatic heterocycles. The predicted octanol–water partition coefficient (Wildman–Crippen LogP) is 4.46. The summed E-state index contributed by atoms with van der Waals surface area (Å²) < 4.78 is 22.6. The molecule has 3 aliphatic rings. The number of fused-ring (bicyclic) bond motifs is 2. The first-order valence-electron chi connectivity index (χ1n) is 15.5. The van der Waals surface area contributed by atoms with Crippen LogP contribution >= 0.6 is 0 Å². The Morgan fingerprint density at radius 2 is 1.71 bits per heavy atom. The fourth-order valence-electron chi connectivity index (χ4n) is 6.36. The van der Waals surface area contributed by atoms with E-state index in [9.17, 15) is 4.79 Å². The van der Waals surface area contributed by atoms with Crippen LogP contribution in [-0.4, -0.2) is 79.5 Å². The van der Waals surface area contributed by atoms with Crippen molar-refractivity contribution in [1.82, 2.24) is 19.9 Å². The summed E-state index contributed by atoms with van der Waals surface area (Å²) in [7, 11) is 3.20. The Labute approximate surface area is 262 Å². The van der Waals surface area contributed by atoms with Crippen molar-refractivity contribution in [2.75, 3.05) is 63.8 Å². The Kier molecular flexibility index (Phi) is 8.27. The van der Waals surface area contributed by atoms with E-state index < -0.39 is 0 Å². The number of pyridine rings is 1. The van der Waals surface area contributed by atoms with Crippen molar-refractivity contribution >= 4 is 11.4 Å². The number of rotatable bonds is 8. The number of H-pyrrole nitrogens is 1. The van der Waals surface area contributed by atoms with E-state index in [2.05, 4.69) is 48.3 Å². The molecular formula is C34H38N6O5. The quantitative estimate of drug-likeness (QED) is 0.261. The van der Waals surface area contributed by atoms with Crippen molar-refractivity contribution < 1.29 is 18.9 Å². The van der Waals surface area contributed by atoms with E-state index in [0.717, 1.165) is 90.7 Å². The minimum absolute atomic E-state index is 0.127. The van der Waals surface area contributed by atoms with Gasteiger partial charge < -0.3 is 34.1 Å². The number of ether oxygens (including phenoxy) is 4. The van der Waals surface area contributed by atoms with Crippen LogP contribution in [-0.2, 0) is 17.7 Å². The summed E-state index contributed by atoms with van der Waals surface area (Å²) in [6.45, 7) is 5.40. The molecule has 2 fully saturated rings. The fraction of sp³-hybridized carbons (Fsp3) is 0.382. The molecule has 0 radical (unpaired) electrons. The van der Waals surface area contributed by atoms with E-state index in [1.165, 1.54) is 0 Å². The fourth-order valence-corrected chi connectivity index (χ4v) is 6.36. The Balaban J connectivity index is 1.01. The van der Waals surface area contributed by atoms with Gasteiger partial charge in [0.05, 0.1) is 45.7 Å². The highest BCUT2D eigenvalue weighted by atomic mass is 16.5. The zero-order chi connectivity index (χ0) is 30.8. The van der Waals surface area contributed by atoms with E-state index >= 15 is 0 Å². The molecule has 0 unspecified atom stereocenters. The molecule has 45 heavy (non-hydrogen) atoms. The molecule has 11 nitrogen and oxygen atoms in total. The van der Waals surface area contributed by atoms with Gasteiger partial charge in [-0.2, -0.15) is 9.97 Å². The van der Waals surface area contributed by atoms with Gasteiger partial charge in [-0.05, 0) is 48.7 Å². The van der Waals surface area contributed by atoms with Gasteiger partial charge in [-0.25, -0.2) is 0 Å². The van der Waals surface area contributed by atoms with Gasteiger partial charge in [0.15, 0.2) is 0 Å². The highest BCUT2D eigenvalue weighted by Crippen LogP contribution is 2.43. The number of methoxy groups -OCH3 is 2. The van der Waals surface area contributed by atoms with Crippen molar-refractivity contribution in [3.8, 4) is 34.5 Å². The standard InChI is InChI=1S/C34H38N6O5/c1-42-32-20-33(43-2)38-30(37-32)21-39-10-8-24(9-11-39)35-25-6-7-29-23(17-25)16-22-4-3-5-27(34(22)45-29)28-18-26(19-31(41)36-28)40-12-14-44-15-13-40/h3-7,17-20,24,35H,8-16,21H2,1-2H3,(H,36,41). The van der Waals surface area contributed by atoms with Crippen LogP contribution in [0.1, 0.15) is 29.8 Å². The molecule has 4 aromatic rings. The van der Waals surface area contributed by atoms with Crippen molar-refractivity contribution in [3.63, 3.8) is 0 Å². The number of hydrogen-bond acceptors (Lipinski definition) is 10. The molecule has 0 bridgehead atoms. The van der Waals surface area contributed by atoms with Crippen LogP contribution in [0.3, 0.4) is 0 Å². The number of para-hydroxylation sites is 1. The molecule has 11 heteroatoms. The first-order chi connectivity index (χ1) is 22.0. The maximum Gasteiger partial charge on any atom is 0.250 e. The topological polar surface area (TPSA) is 114 Å². The average Bonchev–Trinajstić information content (AvgIpc) is 3.08. The molecule has 5 heterocycles. The van der Waals surface area contributed by atoms with E-state index in [0.29, 0.717) is 43.4 Å². The SMILES string of the molecule is COc1cc(OC)nc(CN2CCC(Nc3ccc4c(c3)Cc3cccc(-c5cc(N6CCOCC6)cc(=O)[nH]5)c3O4)CC2)n1. The molecule has 0 spiro atoms. The molecule has 7 rings (SSSR count).